The smallest absolute Gasteiger partial charge is 0.269 e. The molecule has 2 N–H and O–H groups in total. The van der Waals surface area contributed by atoms with E-state index in [0.717, 1.165) is 16.3 Å². The van der Waals surface area contributed by atoms with Gasteiger partial charge in [0.15, 0.2) is 5.78 Å². The fraction of sp³-hybridized carbons (Fsp3) is 0.0263. The summed E-state index contributed by atoms with van der Waals surface area (Å²) in [7, 11) is 0. The fourth-order valence-corrected chi connectivity index (χ4v) is 5.16. The van der Waals surface area contributed by atoms with Gasteiger partial charge in [-0.25, -0.2) is 0 Å². The van der Waals surface area contributed by atoms with Crippen molar-refractivity contribution in [3.05, 3.63) is 166 Å². The lowest BCUT2D eigenvalue weighted by Gasteiger charge is -2.14. The quantitative estimate of drug-likeness (QED) is 0.0688. The van der Waals surface area contributed by atoms with E-state index in [1.54, 1.807) is 66.7 Å². The second-order valence-electron chi connectivity index (χ2n) is 10.6. The number of non-ortho nitro benzene ring substituents is 1. The number of hydrogen-bond acceptors (Lipinski definition) is 6. The van der Waals surface area contributed by atoms with Crippen LogP contribution < -0.4 is 10.6 Å². The monoisotopic (exact) mass is 621 g/mol. The number of nitro benzene ring substituents is 1. The van der Waals surface area contributed by atoms with Gasteiger partial charge in [-0.2, -0.15) is 0 Å². The summed E-state index contributed by atoms with van der Waals surface area (Å²) in [6.07, 6.45) is 2.89. The van der Waals surface area contributed by atoms with Crippen molar-refractivity contribution in [3.63, 3.8) is 0 Å². The number of ketones is 1. The Bertz CT molecular complexity index is 2150. The van der Waals surface area contributed by atoms with E-state index < -0.39 is 10.8 Å². The van der Waals surface area contributed by atoms with Crippen LogP contribution in [0.1, 0.15) is 27.2 Å². The number of carbonyl (C=O) groups excluding carboxylic acids is 3. The van der Waals surface area contributed by atoms with Crippen molar-refractivity contribution in [2.24, 2.45) is 0 Å². The highest BCUT2D eigenvalue weighted by atomic mass is 16.6. The second kappa shape index (κ2) is 13.6. The molecule has 0 atom stereocenters. The Labute approximate surface area is 269 Å². The van der Waals surface area contributed by atoms with Gasteiger partial charge in [-0.05, 0) is 64.9 Å². The van der Waals surface area contributed by atoms with Gasteiger partial charge in [-0.1, -0.05) is 72.8 Å². The first-order valence-electron chi connectivity index (χ1n) is 14.7. The van der Waals surface area contributed by atoms with Crippen LogP contribution in [0, 0.1) is 10.1 Å². The number of fused-ring (bicyclic) bond motifs is 1. The van der Waals surface area contributed by atoms with Crippen molar-refractivity contribution < 1.29 is 23.7 Å². The number of nitrogens with zero attached hydrogens (tertiary/aromatic N) is 1. The van der Waals surface area contributed by atoms with E-state index in [4.69, 9.17) is 4.42 Å². The summed E-state index contributed by atoms with van der Waals surface area (Å²) in [6, 6.07) is 36.4. The lowest BCUT2D eigenvalue weighted by Crippen LogP contribution is -2.18. The molecular formula is C38H27N3O6. The number of nitro groups is 1. The normalized spacial score (nSPS) is 11.0. The first kappa shape index (κ1) is 30.4. The zero-order valence-corrected chi connectivity index (χ0v) is 24.9. The zero-order chi connectivity index (χ0) is 32.8. The van der Waals surface area contributed by atoms with E-state index in [-0.39, 0.29) is 29.4 Å². The number of nitrogens with one attached hydrogen (secondary N) is 2. The van der Waals surface area contributed by atoms with Gasteiger partial charge in [0.25, 0.3) is 5.69 Å². The number of furan rings is 1. The van der Waals surface area contributed by atoms with Crippen molar-refractivity contribution in [1.82, 2.24) is 0 Å². The number of benzene rings is 5. The Morgan fingerprint density at radius 2 is 1.51 bits per heavy atom. The zero-order valence-electron chi connectivity index (χ0n) is 24.9. The van der Waals surface area contributed by atoms with Crippen LogP contribution in [0.5, 0.6) is 0 Å². The molecule has 6 rings (SSSR count). The summed E-state index contributed by atoms with van der Waals surface area (Å²) in [5.41, 5.74) is 2.83. The molecule has 0 radical (unpaired) electrons. The average Bonchev–Trinajstić information content (AvgIpc) is 3.57. The van der Waals surface area contributed by atoms with Crippen molar-refractivity contribution in [3.8, 4) is 11.3 Å². The van der Waals surface area contributed by atoms with E-state index >= 15 is 0 Å². The first-order valence-corrected chi connectivity index (χ1v) is 14.7. The summed E-state index contributed by atoms with van der Waals surface area (Å²) in [4.78, 5) is 50.1. The molecule has 0 saturated carbocycles. The summed E-state index contributed by atoms with van der Waals surface area (Å²) >= 11 is 0. The Morgan fingerprint density at radius 1 is 0.766 bits per heavy atom. The molecular weight excluding hydrogens is 594 g/mol. The van der Waals surface area contributed by atoms with Crippen molar-refractivity contribution in [1.29, 1.82) is 0 Å². The van der Waals surface area contributed by atoms with E-state index in [1.165, 1.54) is 30.4 Å². The average molecular weight is 622 g/mol. The Morgan fingerprint density at radius 3 is 2.30 bits per heavy atom. The third kappa shape index (κ3) is 7.21. The molecule has 0 spiro atoms. The molecule has 0 bridgehead atoms. The van der Waals surface area contributed by atoms with Crippen molar-refractivity contribution in [2.45, 2.75) is 6.42 Å². The highest BCUT2D eigenvalue weighted by Crippen LogP contribution is 2.27. The maximum atomic E-state index is 13.6. The summed E-state index contributed by atoms with van der Waals surface area (Å²) in [5, 5.41) is 18.6. The number of carbonyl (C=O) groups is 3. The van der Waals surface area contributed by atoms with Gasteiger partial charge >= 0.3 is 0 Å². The van der Waals surface area contributed by atoms with Crippen LogP contribution in [0.15, 0.2) is 138 Å². The number of amides is 2. The molecule has 1 heterocycles. The Kier molecular flexibility index (Phi) is 8.79. The van der Waals surface area contributed by atoms with Gasteiger partial charge in [0, 0.05) is 40.6 Å². The van der Waals surface area contributed by atoms with Crippen LogP contribution in [0.4, 0.5) is 17.1 Å². The maximum absolute atomic E-state index is 13.6. The molecule has 6 aromatic rings. The van der Waals surface area contributed by atoms with Crippen molar-refractivity contribution in [2.75, 3.05) is 10.6 Å². The highest BCUT2D eigenvalue weighted by Gasteiger charge is 2.18. The summed E-state index contributed by atoms with van der Waals surface area (Å²) in [5.74, 6) is -0.175. The fourth-order valence-electron chi connectivity index (χ4n) is 5.16. The molecule has 0 saturated heterocycles. The molecule has 1 aromatic heterocycles. The third-order valence-electron chi connectivity index (χ3n) is 7.46. The topological polar surface area (TPSA) is 132 Å². The molecule has 230 valence electrons. The van der Waals surface area contributed by atoms with Crippen LogP contribution >= 0.6 is 0 Å². The summed E-state index contributed by atoms with van der Waals surface area (Å²) in [6.45, 7) is 0. The second-order valence-corrected chi connectivity index (χ2v) is 10.6. The molecule has 0 fully saturated rings. The lowest BCUT2D eigenvalue weighted by molar-refractivity contribution is -0.384. The molecule has 2 amide bonds. The van der Waals surface area contributed by atoms with Gasteiger partial charge in [-0.15, -0.1) is 0 Å². The number of anilines is 2. The predicted molar refractivity (Wildman–Crippen MR) is 181 cm³/mol. The molecule has 47 heavy (non-hydrogen) atoms. The Balaban J connectivity index is 1.18. The minimum Gasteiger partial charge on any atom is -0.457 e. The molecule has 0 aliphatic heterocycles. The molecule has 9 heteroatoms. The standard InChI is InChI=1S/C38H27N3O6/c42-36(22-19-31-18-21-35(47-31)26-13-16-30(17-14-26)41(45)46)39-29-15-20-34(33(24-29)38(44)27-8-2-1-3-9-27)40-37(43)23-28-11-6-10-25-7-4-5-12-32(25)28/h1-22,24H,23H2,(H,39,42)(H,40,43)/b22-19+. The minimum absolute atomic E-state index is 0.0259. The van der Waals surface area contributed by atoms with Gasteiger partial charge in [-0.3, -0.25) is 24.5 Å². The van der Waals surface area contributed by atoms with Gasteiger partial charge in [0.2, 0.25) is 11.8 Å². The Hall–Kier alpha value is -6.61. The number of hydrogen-bond donors (Lipinski definition) is 2. The molecule has 0 unspecified atom stereocenters. The minimum atomic E-state index is -0.476. The van der Waals surface area contributed by atoms with Crippen LogP contribution in [0.2, 0.25) is 0 Å². The highest BCUT2D eigenvalue weighted by molar-refractivity contribution is 6.15. The van der Waals surface area contributed by atoms with E-state index in [2.05, 4.69) is 10.6 Å². The lowest BCUT2D eigenvalue weighted by atomic mass is 10.00. The SMILES string of the molecule is O=C(/C=C/c1ccc(-c2ccc([N+](=O)[O-])cc2)o1)Nc1ccc(NC(=O)Cc2cccc3ccccc23)c(C(=O)c2ccccc2)c1. The van der Waals surface area contributed by atoms with Gasteiger partial charge in [0.05, 0.1) is 17.0 Å². The van der Waals surface area contributed by atoms with E-state index in [1.807, 2.05) is 42.5 Å². The molecule has 0 aliphatic carbocycles. The third-order valence-corrected chi connectivity index (χ3v) is 7.46. The number of rotatable bonds is 10. The predicted octanol–water partition coefficient (Wildman–Crippen LogP) is 8.07. The first-order chi connectivity index (χ1) is 22.8. The van der Waals surface area contributed by atoms with Gasteiger partial charge < -0.3 is 15.1 Å². The van der Waals surface area contributed by atoms with Crippen LogP contribution in [0.3, 0.4) is 0 Å². The molecule has 9 nitrogen and oxygen atoms in total. The summed E-state index contributed by atoms with van der Waals surface area (Å²) < 4.78 is 5.77. The largest absolute Gasteiger partial charge is 0.457 e. The van der Waals surface area contributed by atoms with Gasteiger partial charge in [0.1, 0.15) is 11.5 Å². The van der Waals surface area contributed by atoms with E-state index in [0.29, 0.717) is 34.0 Å². The van der Waals surface area contributed by atoms with Crippen LogP contribution in [0.25, 0.3) is 28.2 Å². The maximum Gasteiger partial charge on any atom is 0.269 e. The van der Waals surface area contributed by atoms with Crippen LogP contribution in [-0.4, -0.2) is 22.5 Å². The van der Waals surface area contributed by atoms with E-state index in [9.17, 15) is 24.5 Å². The van der Waals surface area contributed by atoms with Crippen molar-refractivity contribution >= 4 is 51.5 Å². The van der Waals surface area contributed by atoms with Crippen LogP contribution in [-0.2, 0) is 16.0 Å². The molecule has 0 aliphatic rings. The molecule has 5 aromatic carbocycles.